The van der Waals surface area contributed by atoms with Gasteiger partial charge in [0.1, 0.15) is 0 Å². The number of carbonyl (C=O) groups is 2. The number of nitro groups is 1. The van der Waals surface area contributed by atoms with E-state index >= 15 is 0 Å². The van der Waals surface area contributed by atoms with Crippen LogP contribution in [0.15, 0.2) is 46.8 Å². The number of nitro benzene ring substituents is 1. The standard InChI is InChI=1S/C20H26N4O4/c1-6-23(7-2)20(26)17-13(4)22-12(3)16(19(25)21-5)18(17)14-10-8-9-11-15(14)24(27)28/h8-11,18,22H,6-7H2,1-5H3,(H,21,25). The first-order valence-electron chi connectivity index (χ1n) is 9.21. The first-order chi connectivity index (χ1) is 13.3. The van der Waals surface area contributed by atoms with Crippen LogP contribution >= 0.6 is 0 Å². The highest BCUT2D eigenvalue weighted by atomic mass is 16.6. The first-order valence-corrected chi connectivity index (χ1v) is 9.21. The van der Waals surface area contributed by atoms with E-state index in [1.807, 2.05) is 13.8 Å². The zero-order valence-corrected chi connectivity index (χ0v) is 16.8. The molecule has 1 aliphatic rings. The lowest BCUT2D eigenvalue weighted by molar-refractivity contribution is -0.385. The second-order valence-corrected chi connectivity index (χ2v) is 6.51. The van der Waals surface area contributed by atoms with E-state index in [1.54, 1.807) is 36.9 Å². The minimum atomic E-state index is -0.837. The summed E-state index contributed by atoms with van der Waals surface area (Å²) in [5, 5.41) is 17.4. The van der Waals surface area contributed by atoms with Gasteiger partial charge in [-0.2, -0.15) is 0 Å². The quantitative estimate of drug-likeness (QED) is 0.577. The molecule has 1 aromatic carbocycles. The smallest absolute Gasteiger partial charge is 0.273 e. The van der Waals surface area contributed by atoms with Gasteiger partial charge in [0.05, 0.1) is 10.8 Å². The third kappa shape index (κ3) is 3.76. The molecule has 1 heterocycles. The van der Waals surface area contributed by atoms with Crippen molar-refractivity contribution in [3.05, 3.63) is 62.5 Å². The molecular formula is C20H26N4O4. The van der Waals surface area contributed by atoms with Crippen LogP contribution in [0.3, 0.4) is 0 Å². The number of likely N-dealkylation sites (N-methyl/N-ethyl adjacent to an activating group) is 2. The van der Waals surface area contributed by atoms with Crippen LogP contribution < -0.4 is 10.6 Å². The van der Waals surface area contributed by atoms with Crippen molar-refractivity contribution in [2.45, 2.75) is 33.6 Å². The van der Waals surface area contributed by atoms with Crippen molar-refractivity contribution >= 4 is 17.5 Å². The van der Waals surface area contributed by atoms with E-state index in [-0.39, 0.29) is 17.5 Å². The van der Waals surface area contributed by atoms with Gasteiger partial charge in [-0.1, -0.05) is 18.2 Å². The van der Waals surface area contributed by atoms with Crippen molar-refractivity contribution in [1.82, 2.24) is 15.5 Å². The van der Waals surface area contributed by atoms with E-state index in [2.05, 4.69) is 10.6 Å². The van der Waals surface area contributed by atoms with E-state index in [0.717, 1.165) is 0 Å². The molecular weight excluding hydrogens is 360 g/mol. The number of hydrogen-bond donors (Lipinski definition) is 2. The predicted octanol–water partition coefficient (Wildman–Crippen LogP) is 2.44. The number of allylic oxidation sites excluding steroid dienone is 2. The molecule has 0 fully saturated rings. The second kappa shape index (κ2) is 8.69. The maximum absolute atomic E-state index is 13.3. The lowest BCUT2D eigenvalue weighted by Gasteiger charge is -2.33. The minimum Gasteiger partial charge on any atom is -0.362 e. The highest BCUT2D eigenvalue weighted by Gasteiger charge is 2.40. The Kier molecular flexibility index (Phi) is 6.56. The summed E-state index contributed by atoms with van der Waals surface area (Å²) in [4.78, 5) is 38.8. The average Bonchev–Trinajstić information content (AvgIpc) is 2.67. The third-order valence-electron chi connectivity index (χ3n) is 4.96. The largest absolute Gasteiger partial charge is 0.362 e. The molecule has 0 spiro atoms. The van der Waals surface area contributed by atoms with Gasteiger partial charge in [0.2, 0.25) is 5.91 Å². The maximum atomic E-state index is 13.3. The number of nitrogens with one attached hydrogen (secondary N) is 2. The molecule has 1 aromatic rings. The highest BCUT2D eigenvalue weighted by molar-refractivity contribution is 6.04. The van der Waals surface area contributed by atoms with Crippen LogP contribution in [0.2, 0.25) is 0 Å². The molecule has 28 heavy (non-hydrogen) atoms. The summed E-state index contributed by atoms with van der Waals surface area (Å²) in [6.45, 7) is 8.21. The molecule has 0 bridgehead atoms. The van der Waals surface area contributed by atoms with Crippen LogP contribution in [0.5, 0.6) is 0 Å². The van der Waals surface area contributed by atoms with E-state index in [1.165, 1.54) is 13.1 Å². The summed E-state index contributed by atoms with van der Waals surface area (Å²) in [5.41, 5.74) is 2.00. The third-order valence-corrected chi connectivity index (χ3v) is 4.96. The van der Waals surface area contributed by atoms with Crippen LogP contribution in [0, 0.1) is 10.1 Å². The molecule has 8 nitrogen and oxygen atoms in total. The molecule has 0 aliphatic carbocycles. The van der Waals surface area contributed by atoms with Crippen molar-refractivity contribution < 1.29 is 14.5 Å². The Morgan fingerprint density at radius 3 is 2.25 bits per heavy atom. The molecule has 2 rings (SSSR count). The Hall–Kier alpha value is -3.16. The zero-order chi connectivity index (χ0) is 21.0. The fraction of sp³-hybridized carbons (Fsp3) is 0.400. The van der Waals surface area contributed by atoms with Gasteiger partial charge >= 0.3 is 0 Å². The second-order valence-electron chi connectivity index (χ2n) is 6.51. The lowest BCUT2D eigenvalue weighted by Crippen LogP contribution is -2.40. The molecule has 1 aliphatic heterocycles. The molecule has 0 saturated heterocycles. The van der Waals surface area contributed by atoms with Crippen LogP contribution in [0.1, 0.15) is 39.2 Å². The SMILES string of the molecule is CCN(CC)C(=O)C1=C(C)NC(C)=C(C(=O)NC)C1c1ccccc1[N+](=O)[O-]. The van der Waals surface area contributed by atoms with Gasteiger partial charge in [0.25, 0.3) is 11.6 Å². The molecule has 0 saturated carbocycles. The zero-order valence-electron chi connectivity index (χ0n) is 16.8. The van der Waals surface area contributed by atoms with Crippen LogP contribution in [0.25, 0.3) is 0 Å². The van der Waals surface area contributed by atoms with Crippen molar-refractivity contribution in [1.29, 1.82) is 0 Å². The van der Waals surface area contributed by atoms with Gasteiger partial charge < -0.3 is 15.5 Å². The molecule has 2 amide bonds. The number of rotatable bonds is 6. The molecule has 1 atom stereocenters. The highest BCUT2D eigenvalue weighted by Crippen LogP contribution is 2.42. The number of hydrogen-bond acceptors (Lipinski definition) is 5. The number of amides is 2. The van der Waals surface area contributed by atoms with Gasteiger partial charge in [0, 0.05) is 54.3 Å². The van der Waals surface area contributed by atoms with Gasteiger partial charge in [-0.15, -0.1) is 0 Å². The molecule has 0 aromatic heterocycles. The van der Waals surface area contributed by atoms with E-state index in [9.17, 15) is 19.7 Å². The molecule has 8 heteroatoms. The topological polar surface area (TPSA) is 105 Å². The average molecular weight is 386 g/mol. The Bertz CT molecular complexity index is 869. The molecule has 150 valence electrons. The molecule has 2 N–H and O–H groups in total. The first kappa shape index (κ1) is 21.1. The van der Waals surface area contributed by atoms with Crippen molar-refractivity contribution in [3.8, 4) is 0 Å². The number of dihydropyridines is 1. The van der Waals surface area contributed by atoms with Crippen LogP contribution in [-0.2, 0) is 9.59 Å². The normalized spacial score (nSPS) is 16.5. The van der Waals surface area contributed by atoms with Gasteiger partial charge in [-0.25, -0.2) is 0 Å². The van der Waals surface area contributed by atoms with Gasteiger partial charge in [-0.05, 0) is 27.7 Å². The van der Waals surface area contributed by atoms with Crippen molar-refractivity contribution in [2.24, 2.45) is 0 Å². The monoisotopic (exact) mass is 386 g/mol. The molecule has 0 radical (unpaired) electrons. The summed E-state index contributed by atoms with van der Waals surface area (Å²) < 4.78 is 0. The van der Waals surface area contributed by atoms with Crippen molar-refractivity contribution in [3.63, 3.8) is 0 Å². The Labute approximate surface area is 164 Å². The summed E-state index contributed by atoms with van der Waals surface area (Å²) in [7, 11) is 1.50. The maximum Gasteiger partial charge on any atom is 0.273 e. The predicted molar refractivity (Wildman–Crippen MR) is 106 cm³/mol. The summed E-state index contributed by atoms with van der Waals surface area (Å²) >= 11 is 0. The number of para-hydroxylation sites is 1. The summed E-state index contributed by atoms with van der Waals surface area (Å²) in [6.07, 6.45) is 0. The fourth-order valence-corrected chi connectivity index (χ4v) is 3.60. The van der Waals surface area contributed by atoms with E-state index in [0.29, 0.717) is 41.2 Å². The summed E-state index contributed by atoms with van der Waals surface area (Å²) in [6, 6.07) is 6.24. The lowest BCUT2D eigenvalue weighted by atomic mass is 9.78. The van der Waals surface area contributed by atoms with Crippen LogP contribution in [-0.4, -0.2) is 41.8 Å². The van der Waals surface area contributed by atoms with E-state index < -0.39 is 10.8 Å². The number of benzene rings is 1. The Balaban J connectivity index is 2.80. The number of nitrogens with zero attached hydrogens (tertiary/aromatic N) is 2. The fourth-order valence-electron chi connectivity index (χ4n) is 3.60. The Morgan fingerprint density at radius 1 is 1.14 bits per heavy atom. The minimum absolute atomic E-state index is 0.124. The van der Waals surface area contributed by atoms with Crippen molar-refractivity contribution in [2.75, 3.05) is 20.1 Å². The van der Waals surface area contributed by atoms with Gasteiger partial charge in [0.15, 0.2) is 0 Å². The Morgan fingerprint density at radius 2 is 1.71 bits per heavy atom. The van der Waals surface area contributed by atoms with Crippen LogP contribution in [0.4, 0.5) is 5.69 Å². The van der Waals surface area contributed by atoms with Gasteiger partial charge in [-0.3, -0.25) is 19.7 Å². The summed E-state index contributed by atoms with van der Waals surface area (Å²) in [5.74, 6) is -1.46. The number of carbonyl (C=O) groups excluding carboxylic acids is 2. The van der Waals surface area contributed by atoms with E-state index in [4.69, 9.17) is 0 Å². The molecule has 1 unspecified atom stereocenters.